The molecule has 4 nitrogen and oxygen atoms in total. The maximum absolute atomic E-state index is 4.75. The third-order valence-corrected chi connectivity index (χ3v) is 4.18. The molecule has 136 valence electrons. The highest BCUT2D eigenvalue weighted by Gasteiger charge is 2.12. The standard InChI is InChI=1S/C24H20N4/c1-17(2)25-21-15-9-14-20(16-21)24-27-22(18-10-5-3-6-11-18)26-23(28-24)19-12-7-4-8-13-19/h3-16,25H,1H2,2H3. The lowest BCUT2D eigenvalue weighted by atomic mass is 10.1. The van der Waals surface area contributed by atoms with Crippen molar-refractivity contribution in [2.45, 2.75) is 6.92 Å². The minimum Gasteiger partial charge on any atom is -0.360 e. The lowest BCUT2D eigenvalue weighted by molar-refractivity contribution is 1.07. The molecule has 0 atom stereocenters. The number of allylic oxidation sites excluding steroid dienone is 1. The van der Waals surface area contributed by atoms with Crippen LogP contribution in [0, 0.1) is 0 Å². The van der Waals surface area contributed by atoms with Crippen LogP contribution in [0.2, 0.25) is 0 Å². The highest BCUT2D eigenvalue weighted by atomic mass is 15.0. The van der Waals surface area contributed by atoms with Gasteiger partial charge in [-0.25, -0.2) is 15.0 Å². The van der Waals surface area contributed by atoms with E-state index in [2.05, 4.69) is 11.9 Å². The Labute approximate surface area is 164 Å². The van der Waals surface area contributed by atoms with Crippen molar-refractivity contribution in [3.63, 3.8) is 0 Å². The topological polar surface area (TPSA) is 50.7 Å². The molecule has 0 radical (unpaired) electrons. The molecule has 0 aliphatic heterocycles. The Hall–Kier alpha value is -3.79. The molecule has 4 heteroatoms. The summed E-state index contributed by atoms with van der Waals surface area (Å²) in [6, 6.07) is 27.9. The van der Waals surface area contributed by atoms with E-state index in [4.69, 9.17) is 15.0 Å². The second kappa shape index (κ2) is 7.84. The Morgan fingerprint density at radius 1 is 0.643 bits per heavy atom. The number of hydrogen-bond acceptors (Lipinski definition) is 4. The molecule has 0 aliphatic carbocycles. The quantitative estimate of drug-likeness (QED) is 0.485. The molecule has 4 rings (SSSR count). The second-order valence-electron chi connectivity index (χ2n) is 6.52. The molecule has 0 spiro atoms. The number of rotatable bonds is 5. The van der Waals surface area contributed by atoms with Gasteiger partial charge in [-0.3, -0.25) is 0 Å². The molecule has 0 unspecified atom stereocenters. The van der Waals surface area contributed by atoms with E-state index in [1.54, 1.807) is 0 Å². The van der Waals surface area contributed by atoms with Gasteiger partial charge in [0.15, 0.2) is 17.5 Å². The van der Waals surface area contributed by atoms with E-state index < -0.39 is 0 Å². The molecule has 0 saturated heterocycles. The van der Waals surface area contributed by atoms with Gasteiger partial charge in [-0.15, -0.1) is 0 Å². The maximum atomic E-state index is 4.75. The first-order valence-electron chi connectivity index (χ1n) is 9.09. The fourth-order valence-electron chi connectivity index (χ4n) is 2.92. The number of nitrogens with one attached hydrogen (secondary N) is 1. The largest absolute Gasteiger partial charge is 0.360 e. The van der Waals surface area contributed by atoms with E-state index in [0.29, 0.717) is 17.5 Å². The SMILES string of the molecule is C=C(C)Nc1cccc(-c2nc(-c3ccccc3)nc(-c3ccccc3)n2)c1. The summed E-state index contributed by atoms with van der Waals surface area (Å²) in [5.41, 5.74) is 4.66. The van der Waals surface area contributed by atoms with E-state index in [1.165, 1.54) is 0 Å². The van der Waals surface area contributed by atoms with Gasteiger partial charge in [-0.1, -0.05) is 79.4 Å². The van der Waals surface area contributed by atoms with Gasteiger partial charge in [0, 0.05) is 28.1 Å². The summed E-state index contributed by atoms with van der Waals surface area (Å²) in [5.74, 6) is 1.95. The van der Waals surface area contributed by atoms with Crippen molar-refractivity contribution in [3.05, 3.63) is 97.2 Å². The first kappa shape index (κ1) is 17.6. The van der Waals surface area contributed by atoms with E-state index in [0.717, 1.165) is 28.1 Å². The van der Waals surface area contributed by atoms with Crippen molar-refractivity contribution in [2.24, 2.45) is 0 Å². The van der Waals surface area contributed by atoms with E-state index in [1.807, 2.05) is 91.9 Å². The molecule has 28 heavy (non-hydrogen) atoms. The Kier molecular flexibility index (Phi) is 4.93. The first-order valence-corrected chi connectivity index (χ1v) is 9.09. The predicted molar refractivity (Wildman–Crippen MR) is 115 cm³/mol. The highest BCUT2D eigenvalue weighted by molar-refractivity contribution is 5.68. The monoisotopic (exact) mass is 364 g/mol. The van der Waals surface area contributed by atoms with Crippen LogP contribution in [0.5, 0.6) is 0 Å². The van der Waals surface area contributed by atoms with Crippen molar-refractivity contribution in [2.75, 3.05) is 5.32 Å². The number of hydrogen-bond donors (Lipinski definition) is 1. The first-order chi connectivity index (χ1) is 13.7. The van der Waals surface area contributed by atoms with Gasteiger partial charge in [0.05, 0.1) is 0 Å². The van der Waals surface area contributed by atoms with Crippen LogP contribution in [0.25, 0.3) is 34.2 Å². The predicted octanol–water partition coefficient (Wildman–Crippen LogP) is 5.82. The fourth-order valence-corrected chi connectivity index (χ4v) is 2.92. The van der Waals surface area contributed by atoms with Crippen LogP contribution in [0.1, 0.15) is 6.92 Å². The summed E-state index contributed by atoms with van der Waals surface area (Å²) in [4.78, 5) is 14.2. The van der Waals surface area contributed by atoms with E-state index in [-0.39, 0.29) is 0 Å². The Morgan fingerprint density at radius 2 is 1.11 bits per heavy atom. The molecule has 1 N–H and O–H groups in total. The average molecular weight is 364 g/mol. The number of aromatic nitrogens is 3. The van der Waals surface area contributed by atoms with E-state index >= 15 is 0 Å². The zero-order chi connectivity index (χ0) is 19.3. The third-order valence-electron chi connectivity index (χ3n) is 4.18. The lowest BCUT2D eigenvalue weighted by Crippen LogP contribution is -2.00. The van der Waals surface area contributed by atoms with Gasteiger partial charge in [0.2, 0.25) is 0 Å². The molecule has 3 aromatic carbocycles. The van der Waals surface area contributed by atoms with Crippen molar-refractivity contribution in [1.29, 1.82) is 0 Å². The molecular formula is C24H20N4. The van der Waals surface area contributed by atoms with Crippen LogP contribution in [0.15, 0.2) is 97.2 Å². The normalized spacial score (nSPS) is 10.5. The molecular weight excluding hydrogens is 344 g/mol. The van der Waals surface area contributed by atoms with Crippen molar-refractivity contribution in [1.82, 2.24) is 15.0 Å². The Balaban J connectivity index is 1.86. The van der Waals surface area contributed by atoms with Crippen LogP contribution >= 0.6 is 0 Å². The van der Waals surface area contributed by atoms with Gasteiger partial charge in [-0.2, -0.15) is 0 Å². The van der Waals surface area contributed by atoms with Crippen molar-refractivity contribution < 1.29 is 0 Å². The molecule has 0 saturated carbocycles. The molecule has 4 aromatic rings. The van der Waals surface area contributed by atoms with Gasteiger partial charge in [0.25, 0.3) is 0 Å². The summed E-state index contributed by atoms with van der Waals surface area (Å²) in [5, 5.41) is 3.24. The van der Waals surface area contributed by atoms with Gasteiger partial charge in [0.1, 0.15) is 0 Å². The second-order valence-corrected chi connectivity index (χ2v) is 6.52. The minimum absolute atomic E-state index is 0.637. The van der Waals surface area contributed by atoms with Crippen molar-refractivity contribution >= 4 is 5.69 Å². The molecule has 0 amide bonds. The zero-order valence-corrected chi connectivity index (χ0v) is 15.6. The Bertz CT molecular complexity index is 1050. The highest BCUT2D eigenvalue weighted by Crippen LogP contribution is 2.26. The average Bonchev–Trinajstić information content (AvgIpc) is 2.74. The molecule has 1 heterocycles. The molecule has 0 bridgehead atoms. The lowest BCUT2D eigenvalue weighted by Gasteiger charge is -2.10. The van der Waals surface area contributed by atoms with Crippen molar-refractivity contribution in [3.8, 4) is 34.2 Å². The molecule has 0 fully saturated rings. The summed E-state index contributed by atoms with van der Waals surface area (Å²) >= 11 is 0. The zero-order valence-electron chi connectivity index (χ0n) is 15.6. The molecule has 0 aliphatic rings. The van der Waals surface area contributed by atoms with Crippen LogP contribution < -0.4 is 5.32 Å². The van der Waals surface area contributed by atoms with Crippen LogP contribution in [-0.4, -0.2) is 15.0 Å². The summed E-state index contributed by atoms with van der Waals surface area (Å²) in [7, 11) is 0. The van der Waals surface area contributed by atoms with E-state index in [9.17, 15) is 0 Å². The number of anilines is 1. The number of benzene rings is 3. The fraction of sp³-hybridized carbons (Fsp3) is 0.0417. The summed E-state index contributed by atoms with van der Waals surface area (Å²) < 4.78 is 0. The Morgan fingerprint density at radius 3 is 1.61 bits per heavy atom. The van der Waals surface area contributed by atoms with Crippen LogP contribution in [0.4, 0.5) is 5.69 Å². The smallest absolute Gasteiger partial charge is 0.164 e. The minimum atomic E-state index is 0.637. The van der Waals surface area contributed by atoms with Gasteiger partial charge < -0.3 is 5.32 Å². The van der Waals surface area contributed by atoms with Gasteiger partial charge in [-0.05, 0) is 19.1 Å². The molecule has 1 aromatic heterocycles. The maximum Gasteiger partial charge on any atom is 0.164 e. The number of nitrogens with zero attached hydrogens (tertiary/aromatic N) is 3. The van der Waals surface area contributed by atoms with Crippen LogP contribution in [-0.2, 0) is 0 Å². The summed E-state index contributed by atoms with van der Waals surface area (Å²) in [6.45, 7) is 5.84. The van der Waals surface area contributed by atoms with Gasteiger partial charge >= 0.3 is 0 Å². The van der Waals surface area contributed by atoms with Crippen LogP contribution in [0.3, 0.4) is 0 Å². The summed E-state index contributed by atoms with van der Waals surface area (Å²) in [6.07, 6.45) is 0. The third kappa shape index (κ3) is 3.96.